The molecule has 3 aromatic rings. The molecule has 0 aliphatic rings. The van der Waals surface area contributed by atoms with Gasteiger partial charge in [0.2, 0.25) is 0 Å². The van der Waals surface area contributed by atoms with E-state index in [0.29, 0.717) is 16.4 Å². The molecular weight excluding hydrogens is 366 g/mol. The molecular formula is C19H19N3O4S. The maximum atomic E-state index is 12.6. The summed E-state index contributed by atoms with van der Waals surface area (Å²) in [6, 6.07) is 10.3. The van der Waals surface area contributed by atoms with Gasteiger partial charge in [-0.25, -0.2) is 4.79 Å². The van der Waals surface area contributed by atoms with Crippen LogP contribution in [-0.4, -0.2) is 29.1 Å². The van der Waals surface area contributed by atoms with Gasteiger partial charge < -0.3 is 14.2 Å². The number of amides is 1. The number of rotatable bonds is 6. The van der Waals surface area contributed by atoms with E-state index in [0.717, 1.165) is 0 Å². The molecule has 2 aromatic heterocycles. The molecule has 1 aromatic carbocycles. The summed E-state index contributed by atoms with van der Waals surface area (Å²) in [5.74, 6) is 0.149. The minimum atomic E-state index is -0.569. The van der Waals surface area contributed by atoms with Crippen molar-refractivity contribution in [2.75, 3.05) is 11.9 Å². The second-order valence-corrected chi connectivity index (χ2v) is 7.08. The van der Waals surface area contributed by atoms with Gasteiger partial charge in [0.1, 0.15) is 0 Å². The van der Waals surface area contributed by atoms with E-state index in [1.54, 1.807) is 37.4 Å². The monoisotopic (exact) mass is 385 g/mol. The first kappa shape index (κ1) is 18.8. The van der Waals surface area contributed by atoms with Crippen LogP contribution in [0.25, 0.3) is 0 Å². The molecule has 0 aliphatic carbocycles. The molecule has 2 heterocycles. The van der Waals surface area contributed by atoms with E-state index in [-0.39, 0.29) is 29.9 Å². The fraction of sp³-hybridized carbons (Fsp3) is 0.263. The highest BCUT2D eigenvalue weighted by molar-refractivity contribution is 7.12. The Morgan fingerprint density at radius 3 is 2.67 bits per heavy atom. The lowest BCUT2D eigenvalue weighted by Gasteiger charge is -2.19. The molecule has 0 saturated heterocycles. The van der Waals surface area contributed by atoms with Crippen LogP contribution in [0.4, 0.5) is 5.69 Å². The van der Waals surface area contributed by atoms with E-state index in [1.807, 2.05) is 25.3 Å². The molecule has 0 aliphatic heterocycles. The van der Waals surface area contributed by atoms with Crippen LogP contribution in [0, 0.1) is 0 Å². The van der Waals surface area contributed by atoms with E-state index in [9.17, 15) is 9.59 Å². The molecule has 140 valence electrons. The summed E-state index contributed by atoms with van der Waals surface area (Å²) in [6.45, 7) is 3.75. The van der Waals surface area contributed by atoms with Gasteiger partial charge in [0.05, 0.1) is 16.1 Å². The SMILES string of the molecule is CC(C)c1noc(COC(=O)c2ccccc2N(C)C(=O)c2cccs2)n1. The van der Waals surface area contributed by atoms with Crippen LogP contribution in [0.2, 0.25) is 0 Å². The van der Waals surface area contributed by atoms with Gasteiger partial charge in [-0.1, -0.05) is 37.2 Å². The van der Waals surface area contributed by atoms with Gasteiger partial charge in [0.15, 0.2) is 12.4 Å². The molecule has 0 atom stereocenters. The fourth-order valence-corrected chi connectivity index (χ4v) is 3.08. The van der Waals surface area contributed by atoms with Crippen LogP contribution >= 0.6 is 11.3 Å². The summed E-state index contributed by atoms with van der Waals surface area (Å²) in [6.07, 6.45) is 0. The fourth-order valence-electron chi connectivity index (χ4n) is 2.38. The molecule has 27 heavy (non-hydrogen) atoms. The summed E-state index contributed by atoms with van der Waals surface area (Å²) in [5, 5.41) is 5.67. The Morgan fingerprint density at radius 2 is 2.00 bits per heavy atom. The van der Waals surface area contributed by atoms with E-state index >= 15 is 0 Å². The first-order chi connectivity index (χ1) is 13.0. The van der Waals surface area contributed by atoms with Crippen molar-refractivity contribution in [1.82, 2.24) is 10.1 Å². The third-order valence-corrected chi connectivity index (χ3v) is 4.71. The summed E-state index contributed by atoms with van der Waals surface area (Å²) in [7, 11) is 1.63. The standard InChI is InChI=1S/C19H19N3O4S/c1-12(2)17-20-16(26-21-17)11-25-19(24)13-7-4-5-8-14(13)22(3)18(23)15-9-6-10-27-15/h4-10,12H,11H2,1-3H3. The third kappa shape index (κ3) is 4.22. The Balaban J connectivity index is 1.74. The molecule has 1 amide bonds. The van der Waals surface area contributed by atoms with Crippen molar-refractivity contribution in [1.29, 1.82) is 0 Å². The first-order valence-electron chi connectivity index (χ1n) is 8.37. The summed E-state index contributed by atoms with van der Waals surface area (Å²) >= 11 is 1.35. The molecule has 3 rings (SSSR count). The predicted molar refractivity (Wildman–Crippen MR) is 101 cm³/mol. The smallest absolute Gasteiger partial charge is 0.340 e. The highest BCUT2D eigenvalue weighted by atomic mass is 32.1. The Bertz CT molecular complexity index is 934. The van der Waals surface area contributed by atoms with Gasteiger partial charge >= 0.3 is 5.97 Å². The zero-order valence-electron chi connectivity index (χ0n) is 15.2. The van der Waals surface area contributed by atoms with Crippen LogP contribution in [0.15, 0.2) is 46.3 Å². The number of benzene rings is 1. The lowest BCUT2D eigenvalue weighted by atomic mass is 10.1. The second kappa shape index (κ2) is 8.13. The second-order valence-electron chi connectivity index (χ2n) is 6.14. The minimum absolute atomic E-state index is 0.121. The van der Waals surface area contributed by atoms with Crippen molar-refractivity contribution in [2.45, 2.75) is 26.4 Å². The largest absolute Gasteiger partial charge is 0.452 e. The zero-order valence-corrected chi connectivity index (χ0v) is 16.0. The molecule has 0 spiro atoms. The topological polar surface area (TPSA) is 85.5 Å². The average molecular weight is 385 g/mol. The van der Waals surface area contributed by atoms with E-state index < -0.39 is 5.97 Å². The number of ether oxygens (including phenoxy) is 1. The van der Waals surface area contributed by atoms with Crippen LogP contribution in [0.5, 0.6) is 0 Å². The van der Waals surface area contributed by atoms with Crippen molar-refractivity contribution in [2.24, 2.45) is 0 Å². The van der Waals surface area contributed by atoms with Crippen LogP contribution in [0.3, 0.4) is 0 Å². The highest BCUT2D eigenvalue weighted by Gasteiger charge is 2.21. The predicted octanol–water partition coefficient (Wildman–Crippen LogP) is 3.89. The molecule has 0 fully saturated rings. The maximum Gasteiger partial charge on any atom is 0.340 e. The average Bonchev–Trinajstić information content (AvgIpc) is 3.36. The minimum Gasteiger partial charge on any atom is -0.452 e. The molecule has 0 saturated carbocycles. The lowest BCUT2D eigenvalue weighted by Crippen LogP contribution is -2.27. The number of hydrogen-bond acceptors (Lipinski definition) is 7. The number of nitrogens with zero attached hydrogens (tertiary/aromatic N) is 3. The number of carbonyl (C=O) groups is 2. The van der Waals surface area contributed by atoms with E-state index in [4.69, 9.17) is 9.26 Å². The highest BCUT2D eigenvalue weighted by Crippen LogP contribution is 2.23. The number of esters is 1. The molecule has 0 N–H and O–H groups in total. The summed E-state index contributed by atoms with van der Waals surface area (Å²) < 4.78 is 10.4. The van der Waals surface area contributed by atoms with Gasteiger partial charge in [-0.2, -0.15) is 4.98 Å². The number of aromatic nitrogens is 2. The summed E-state index contributed by atoms with van der Waals surface area (Å²) in [5.41, 5.74) is 0.753. The van der Waals surface area contributed by atoms with Gasteiger partial charge in [-0.15, -0.1) is 11.3 Å². The molecule has 8 heteroatoms. The first-order valence-corrected chi connectivity index (χ1v) is 9.25. The van der Waals surface area contributed by atoms with Crippen LogP contribution in [0.1, 0.15) is 51.5 Å². The normalized spacial score (nSPS) is 10.8. The molecule has 0 unspecified atom stereocenters. The number of anilines is 1. The third-order valence-electron chi connectivity index (χ3n) is 3.85. The van der Waals surface area contributed by atoms with Crippen molar-refractivity contribution >= 4 is 28.9 Å². The molecule has 0 bridgehead atoms. The lowest BCUT2D eigenvalue weighted by molar-refractivity contribution is 0.0430. The van der Waals surface area contributed by atoms with E-state index in [1.165, 1.54) is 16.2 Å². The molecule has 0 radical (unpaired) electrons. The summed E-state index contributed by atoms with van der Waals surface area (Å²) in [4.78, 5) is 31.3. The van der Waals surface area contributed by atoms with E-state index in [2.05, 4.69) is 10.1 Å². The number of carbonyl (C=O) groups excluding carboxylic acids is 2. The quantitative estimate of drug-likeness (QED) is 0.599. The number of thiophene rings is 1. The number of para-hydroxylation sites is 1. The van der Waals surface area contributed by atoms with Crippen molar-refractivity contribution in [3.8, 4) is 0 Å². The van der Waals surface area contributed by atoms with Gasteiger partial charge in [-0.3, -0.25) is 4.79 Å². The Labute approximate surface area is 160 Å². The van der Waals surface area contributed by atoms with Crippen LogP contribution in [-0.2, 0) is 11.3 Å². The Kier molecular flexibility index (Phi) is 5.66. The van der Waals surface area contributed by atoms with Gasteiger partial charge in [-0.05, 0) is 23.6 Å². The van der Waals surface area contributed by atoms with Crippen LogP contribution < -0.4 is 4.90 Å². The molecule has 7 nitrogen and oxygen atoms in total. The maximum absolute atomic E-state index is 12.6. The number of hydrogen-bond donors (Lipinski definition) is 0. The van der Waals surface area contributed by atoms with Crippen molar-refractivity contribution in [3.63, 3.8) is 0 Å². The van der Waals surface area contributed by atoms with Gasteiger partial charge in [0.25, 0.3) is 11.8 Å². The Morgan fingerprint density at radius 1 is 1.22 bits per heavy atom. The zero-order chi connectivity index (χ0) is 19.4. The van der Waals surface area contributed by atoms with Gasteiger partial charge in [0, 0.05) is 13.0 Å². The van der Waals surface area contributed by atoms with Crippen molar-refractivity contribution < 1.29 is 18.8 Å². The Hall–Kier alpha value is -3.00. The van der Waals surface area contributed by atoms with Crippen molar-refractivity contribution in [3.05, 3.63) is 63.9 Å².